The molecule has 64 valence electrons. The van der Waals surface area contributed by atoms with Crippen LogP contribution in [-0.4, -0.2) is 17.7 Å². The predicted molar refractivity (Wildman–Crippen MR) is 41.7 cm³/mol. The minimum Gasteiger partial charge on any atom is -0.368 e. The first-order valence-electron chi connectivity index (χ1n) is 3.64. The maximum absolute atomic E-state index is 10.9. The number of Topliss-reactive ketones (excluding diaryl/α,β-unsaturated/α-hetero) is 1. The third-order valence-electron chi connectivity index (χ3n) is 1.34. The largest absolute Gasteiger partial charge is 0.368 e. The number of rotatable bonds is 5. The molecule has 0 spiro atoms. The number of nitrogens with two attached hydrogens (primary N) is 2. The minimum absolute atomic E-state index is 0.00111. The molecule has 1 unspecified atom stereocenters. The summed E-state index contributed by atoms with van der Waals surface area (Å²) in [7, 11) is 0. The van der Waals surface area contributed by atoms with Crippen molar-refractivity contribution in [3.63, 3.8) is 0 Å². The average Bonchev–Trinajstić information content (AvgIpc) is 1.87. The number of amides is 1. The topological polar surface area (TPSA) is 86.2 Å². The lowest BCUT2D eigenvalue weighted by Gasteiger charge is -2.04. The predicted octanol–water partition coefficient (Wildman–Crippen LogP) is -0.442. The summed E-state index contributed by atoms with van der Waals surface area (Å²) in [5.41, 5.74) is 10.1. The van der Waals surface area contributed by atoms with E-state index in [0.29, 0.717) is 6.42 Å². The fourth-order valence-electron chi connectivity index (χ4n) is 0.727. The highest BCUT2D eigenvalue weighted by atomic mass is 16.1. The van der Waals surface area contributed by atoms with Crippen molar-refractivity contribution in [3.8, 4) is 0 Å². The number of carbonyl (C=O) groups is 2. The van der Waals surface area contributed by atoms with Crippen LogP contribution in [0.15, 0.2) is 0 Å². The third kappa shape index (κ3) is 4.50. The molecule has 0 aliphatic carbocycles. The van der Waals surface area contributed by atoms with Crippen molar-refractivity contribution in [2.45, 2.75) is 32.2 Å². The standard InChI is InChI=1S/C7H14N2O2/c1-2-3-5(10)4-6(8)7(9)11/h6H,2-4,8H2,1H3,(H2,9,11). The van der Waals surface area contributed by atoms with Gasteiger partial charge in [-0.15, -0.1) is 0 Å². The number of primary amides is 1. The Balaban J connectivity index is 3.66. The highest BCUT2D eigenvalue weighted by Gasteiger charge is 2.12. The molecule has 0 radical (unpaired) electrons. The maximum atomic E-state index is 10.9. The molecule has 0 fully saturated rings. The summed E-state index contributed by atoms with van der Waals surface area (Å²) in [4.78, 5) is 21.3. The lowest BCUT2D eigenvalue weighted by Crippen LogP contribution is -2.38. The van der Waals surface area contributed by atoms with E-state index < -0.39 is 11.9 Å². The van der Waals surface area contributed by atoms with Crippen LogP contribution < -0.4 is 11.5 Å². The normalized spacial score (nSPS) is 12.5. The Morgan fingerprint density at radius 2 is 2.00 bits per heavy atom. The molecule has 0 bridgehead atoms. The lowest BCUT2D eigenvalue weighted by atomic mass is 10.1. The van der Waals surface area contributed by atoms with Gasteiger partial charge in [0, 0.05) is 12.8 Å². The Hall–Kier alpha value is -0.900. The molecule has 4 nitrogen and oxygen atoms in total. The van der Waals surface area contributed by atoms with E-state index in [1.807, 2.05) is 6.92 Å². The van der Waals surface area contributed by atoms with Gasteiger partial charge >= 0.3 is 0 Å². The molecule has 4 N–H and O–H groups in total. The number of ketones is 1. The summed E-state index contributed by atoms with van der Waals surface area (Å²) in [6.45, 7) is 1.90. The van der Waals surface area contributed by atoms with Crippen LogP contribution in [0.4, 0.5) is 0 Å². The quantitative estimate of drug-likeness (QED) is 0.568. The van der Waals surface area contributed by atoms with E-state index in [-0.39, 0.29) is 12.2 Å². The molecule has 4 heteroatoms. The lowest BCUT2D eigenvalue weighted by molar-refractivity contribution is -0.124. The second-order valence-corrected chi connectivity index (χ2v) is 2.50. The van der Waals surface area contributed by atoms with Gasteiger partial charge in [0.1, 0.15) is 5.78 Å². The van der Waals surface area contributed by atoms with E-state index in [4.69, 9.17) is 11.5 Å². The van der Waals surface area contributed by atoms with E-state index >= 15 is 0 Å². The summed E-state index contributed by atoms with van der Waals surface area (Å²) in [6, 6.07) is -0.811. The van der Waals surface area contributed by atoms with Gasteiger partial charge in [0.2, 0.25) is 5.91 Å². The van der Waals surface area contributed by atoms with Gasteiger partial charge in [-0.25, -0.2) is 0 Å². The van der Waals surface area contributed by atoms with Crippen molar-refractivity contribution in [2.75, 3.05) is 0 Å². The molecule has 0 aromatic heterocycles. The average molecular weight is 158 g/mol. The van der Waals surface area contributed by atoms with E-state index in [1.165, 1.54) is 0 Å². The molecule has 0 aliphatic heterocycles. The van der Waals surface area contributed by atoms with Gasteiger partial charge in [0.05, 0.1) is 6.04 Å². The van der Waals surface area contributed by atoms with Gasteiger partial charge in [0.25, 0.3) is 0 Å². The Bertz CT molecular complexity index is 157. The fourth-order valence-corrected chi connectivity index (χ4v) is 0.727. The third-order valence-corrected chi connectivity index (χ3v) is 1.34. The van der Waals surface area contributed by atoms with Crippen molar-refractivity contribution in [3.05, 3.63) is 0 Å². The molecule has 0 aliphatic rings. The molecule has 0 saturated heterocycles. The molecule has 0 heterocycles. The number of carbonyl (C=O) groups excluding carboxylic acids is 2. The Morgan fingerprint density at radius 3 is 2.36 bits per heavy atom. The number of hydrogen-bond acceptors (Lipinski definition) is 3. The molecular weight excluding hydrogens is 144 g/mol. The SMILES string of the molecule is CCCC(=O)CC(N)C(N)=O. The van der Waals surface area contributed by atoms with Crippen molar-refractivity contribution >= 4 is 11.7 Å². The highest BCUT2D eigenvalue weighted by molar-refractivity contribution is 5.87. The van der Waals surface area contributed by atoms with Gasteiger partial charge < -0.3 is 11.5 Å². The summed E-state index contributed by atoms with van der Waals surface area (Å²) >= 11 is 0. The summed E-state index contributed by atoms with van der Waals surface area (Å²) < 4.78 is 0. The molecule has 0 aromatic rings. The number of hydrogen-bond donors (Lipinski definition) is 2. The Morgan fingerprint density at radius 1 is 1.45 bits per heavy atom. The van der Waals surface area contributed by atoms with E-state index in [2.05, 4.69) is 0 Å². The van der Waals surface area contributed by atoms with Crippen LogP contribution >= 0.6 is 0 Å². The molecule has 1 atom stereocenters. The van der Waals surface area contributed by atoms with Gasteiger partial charge in [0.15, 0.2) is 0 Å². The summed E-state index contributed by atoms with van der Waals surface area (Å²) in [5.74, 6) is -0.617. The van der Waals surface area contributed by atoms with Crippen LogP contribution in [0.3, 0.4) is 0 Å². The molecule has 1 amide bonds. The van der Waals surface area contributed by atoms with Crippen molar-refractivity contribution < 1.29 is 9.59 Å². The van der Waals surface area contributed by atoms with E-state index in [0.717, 1.165) is 6.42 Å². The molecule has 0 saturated carbocycles. The van der Waals surface area contributed by atoms with Gasteiger partial charge in [-0.05, 0) is 6.42 Å². The minimum atomic E-state index is -0.811. The maximum Gasteiger partial charge on any atom is 0.234 e. The second kappa shape index (κ2) is 4.85. The first-order valence-corrected chi connectivity index (χ1v) is 3.64. The first-order chi connectivity index (χ1) is 5.07. The second-order valence-electron chi connectivity index (χ2n) is 2.50. The fraction of sp³-hybridized carbons (Fsp3) is 0.714. The smallest absolute Gasteiger partial charge is 0.234 e. The van der Waals surface area contributed by atoms with Crippen molar-refractivity contribution in [2.24, 2.45) is 11.5 Å². The molecule has 11 heavy (non-hydrogen) atoms. The van der Waals surface area contributed by atoms with Crippen LogP contribution in [0.5, 0.6) is 0 Å². The van der Waals surface area contributed by atoms with Crippen LogP contribution in [0.25, 0.3) is 0 Å². The Kier molecular flexibility index (Phi) is 4.45. The Labute approximate surface area is 65.9 Å². The van der Waals surface area contributed by atoms with Gasteiger partial charge in [-0.3, -0.25) is 9.59 Å². The summed E-state index contributed by atoms with van der Waals surface area (Å²) in [6.07, 6.45) is 1.33. The van der Waals surface area contributed by atoms with Crippen LogP contribution in [0.1, 0.15) is 26.2 Å². The molecule has 0 aromatic carbocycles. The highest BCUT2D eigenvalue weighted by Crippen LogP contribution is 1.96. The van der Waals surface area contributed by atoms with Crippen LogP contribution in [0, 0.1) is 0 Å². The van der Waals surface area contributed by atoms with E-state index in [9.17, 15) is 9.59 Å². The van der Waals surface area contributed by atoms with Gasteiger partial charge in [-0.2, -0.15) is 0 Å². The van der Waals surface area contributed by atoms with Crippen LogP contribution in [0.2, 0.25) is 0 Å². The zero-order valence-corrected chi connectivity index (χ0v) is 6.67. The molecule has 0 rings (SSSR count). The van der Waals surface area contributed by atoms with Crippen molar-refractivity contribution in [1.82, 2.24) is 0 Å². The zero-order valence-electron chi connectivity index (χ0n) is 6.67. The van der Waals surface area contributed by atoms with Crippen LogP contribution in [-0.2, 0) is 9.59 Å². The van der Waals surface area contributed by atoms with Crippen molar-refractivity contribution in [1.29, 1.82) is 0 Å². The summed E-state index contributed by atoms with van der Waals surface area (Å²) in [5, 5.41) is 0. The first kappa shape index (κ1) is 10.1. The molecular formula is C7H14N2O2. The van der Waals surface area contributed by atoms with Gasteiger partial charge in [-0.1, -0.05) is 6.92 Å². The monoisotopic (exact) mass is 158 g/mol. The zero-order chi connectivity index (χ0) is 8.85. The van der Waals surface area contributed by atoms with E-state index in [1.54, 1.807) is 0 Å².